The van der Waals surface area contributed by atoms with Crippen molar-refractivity contribution in [1.29, 1.82) is 0 Å². The average Bonchev–Trinajstić information content (AvgIpc) is 3.28. The van der Waals surface area contributed by atoms with Crippen molar-refractivity contribution in [2.24, 2.45) is 5.92 Å². The number of carbonyl (C=O) groups is 2. The van der Waals surface area contributed by atoms with Gasteiger partial charge in [-0.25, -0.2) is 0 Å². The molecule has 1 aromatic rings. The summed E-state index contributed by atoms with van der Waals surface area (Å²) < 4.78 is 5.26. The van der Waals surface area contributed by atoms with Gasteiger partial charge in [-0.15, -0.1) is 0 Å². The number of methoxy groups -OCH3 is 1. The van der Waals surface area contributed by atoms with Crippen LogP contribution in [-0.4, -0.2) is 43.5 Å². The molecule has 1 saturated heterocycles. The number of para-hydroxylation sites is 2. The van der Waals surface area contributed by atoms with Crippen molar-refractivity contribution in [1.82, 2.24) is 4.90 Å². The Bertz CT molecular complexity index is 540. The van der Waals surface area contributed by atoms with Crippen molar-refractivity contribution in [3.63, 3.8) is 0 Å². The van der Waals surface area contributed by atoms with Crippen LogP contribution in [0.15, 0.2) is 24.3 Å². The maximum Gasteiger partial charge on any atom is 0.316 e. The van der Waals surface area contributed by atoms with Crippen molar-refractivity contribution < 1.29 is 14.3 Å². The molecule has 1 aliphatic heterocycles. The van der Waals surface area contributed by atoms with Gasteiger partial charge in [-0.1, -0.05) is 12.1 Å². The molecule has 1 aromatic carbocycles. The molecule has 2 aliphatic rings. The zero-order chi connectivity index (χ0) is 14.1. The summed E-state index contributed by atoms with van der Waals surface area (Å²) in [4.78, 5) is 27.7. The van der Waals surface area contributed by atoms with Gasteiger partial charge in [-0.3, -0.25) is 14.5 Å². The van der Waals surface area contributed by atoms with Crippen LogP contribution in [0.2, 0.25) is 0 Å². The fourth-order valence-electron chi connectivity index (χ4n) is 2.54. The topological polar surface area (TPSA) is 49.9 Å². The van der Waals surface area contributed by atoms with Gasteiger partial charge in [-0.05, 0) is 30.9 Å². The predicted octanol–water partition coefficient (Wildman–Crippen LogP) is 1.28. The van der Waals surface area contributed by atoms with Crippen molar-refractivity contribution in [2.75, 3.05) is 31.6 Å². The van der Waals surface area contributed by atoms with E-state index in [1.54, 1.807) is 24.1 Å². The molecule has 5 nitrogen and oxygen atoms in total. The first-order valence-corrected chi connectivity index (χ1v) is 6.94. The number of carbonyl (C=O) groups excluding carboxylic acids is 2. The minimum Gasteiger partial charge on any atom is -0.495 e. The summed E-state index contributed by atoms with van der Waals surface area (Å²) >= 11 is 0. The minimum absolute atomic E-state index is 0.394. The van der Waals surface area contributed by atoms with E-state index >= 15 is 0 Å². The zero-order valence-corrected chi connectivity index (χ0v) is 11.5. The molecule has 20 heavy (non-hydrogen) atoms. The summed E-state index contributed by atoms with van der Waals surface area (Å²) in [6.45, 7) is 1.85. The van der Waals surface area contributed by atoms with Crippen molar-refractivity contribution in [2.45, 2.75) is 12.8 Å². The lowest BCUT2D eigenvalue weighted by molar-refractivity contribution is -0.146. The van der Waals surface area contributed by atoms with Gasteiger partial charge in [0.25, 0.3) is 0 Å². The number of amides is 2. The smallest absolute Gasteiger partial charge is 0.316 e. The Morgan fingerprint density at radius 2 is 1.90 bits per heavy atom. The van der Waals surface area contributed by atoms with Crippen LogP contribution in [0, 0.1) is 5.92 Å². The van der Waals surface area contributed by atoms with Crippen molar-refractivity contribution >= 4 is 17.5 Å². The summed E-state index contributed by atoms with van der Waals surface area (Å²) in [6, 6.07) is 7.29. The largest absolute Gasteiger partial charge is 0.495 e. The van der Waals surface area contributed by atoms with Crippen LogP contribution >= 0.6 is 0 Å². The molecule has 0 unspecified atom stereocenters. The Hall–Kier alpha value is -2.04. The number of benzene rings is 1. The van der Waals surface area contributed by atoms with E-state index in [-0.39, 0.29) is 0 Å². The number of hydrogen-bond donors (Lipinski definition) is 0. The third-order valence-corrected chi connectivity index (χ3v) is 3.86. The molecule has 0 spiro atoms. The quantitative estimate of drug-likeness (QED) is 0.777. The zero-order valence-electron chi connectivity index (χ0n) is 11.5. The van der Waals surface area contributed by atoms with E-state index in [1.165, 1.54) is 17.7 Å². The SMILES string of the molecule is COc1ccccc1N1CCN(CC2CC2)C(=O)C1=O. The highest BCUT2D eigenvalue weighted by Crippen LogP contribution is 2.32. The number of ether oxygens (including phenoxy) is 1. The van der Waals surface area contributed by atoms with Gasteiger partial charge in [0.15, 0.2) is 0 Å². The van der Waals surface area contributed by atoms with E-state index in [0.717, 1.165) is 6.54 Å². The molecule has 106 valence electrons. The first-order chi connectivity index (χ1) is 9.70. The fraction of sp³-hybridized carbons (Fsp3) is 0.467. The fourth-order valence-corrected chi connectivity index (χ4v) is 2.54. The van der Waals surface area contributed by atoms with E-state index in [0.29, 0.717) is 30.4 Å². The van der Waals surface area contributed by atoms with Gasteiger partial charge in [0.05, 0.1) is 12.8 Å². The maximum atomic E-state index is 12.3. The van der Waals surface area contributed by atoms with E-state index in [9.17, 15) is 9.59 Å². The van der Waals surface area contributed by atoms with E-state index < -0.39 is 11.8 Å². The molecule has 2 fully saturated rings. The molecular formula is C15H18N2O3. The number of hydrogen-bond acceptors (Lipinski definition) is 3. The monoisotopic (exact) mass is 274 g/mol. The molecule has 0 N–H and O–H groups in total. The minimum atomic E-state index is -0.457. The number of piperazine rings is 1. The molecule has 2 amide bonds. The van der Waals surface area contributed by atoms with Gasteiger partial charge in [0.1, 0.15) is 5.75 Å². The molecule has 0 bridgehead atoms. The molecule has 5 heteroatoms. The average molecular weight is 274 g/mol. The number of anilines is 1. The van der Waals surface area contributed by atoms with Crippen LogP contribution < -0.4 is 9.64 Å². The van der Waals surface area contributed by atoms with Crippen molar-refractivity contribution in [3.05, 3.63) is 24.3 Å². The summed E-state index contributed by atoms with van der Waals surface area (Å²) in [6.07, 6.45) is 2.35. The van der Waals surface area contributed by atoms with Crippen LogP contribution in [-0.2, 0) is 9.59 Å². The Balaban J connectivity index is 1.78. The van der Waals surface area contributed by atoms with Crippen LogP contribution in [0.25, 0.3) is 0 Å². The third-order valence-electron chi connectivity index (χ3n) is 3.86. The summed E-state index contributed by atoms with van der Waals surface area (Å²) in [5.41, 5.74) is 0.666. The Morgan fingerprint density at radius 1 is 1.15 bits per heavy atom. The van der Waals surface area contributed by atoms with Gasteiger partial charge in [-0.2, -0.15) is 0 Å². The van der Waals surface area contributed by atoms with Gasteiger partial charge in [0.2, 0.25) is 0 Å². The molecule has 0 atom stereocenters. The first kappa shape index (κ1) is 13.0. The molecule has 3 rings (SSSR count). The van der Waals surface area contributed by atoms with Gasteiger partial charge >= 0.3 is 11.8 Å². The summed E-state index contributed by atoms with van der Waals surface area (Å²) in [7, 11) is 1.56. The molecular weight excluding hydrogens is 256 g/mol. The van der Waals surface area contributed by atoms with Crippen LogP contribution in [0.5, 0.6) is 5.75 Å². The molecule has 1 aliphatic carbocycles. The second-order valence-corrected chi connectivity index (χ2v) is 5.32. The highest BCUT2D eigenvalue weighted by atomic mass is 16.5. The van der Waals surface area contributed by atoms with Crippen molar-refractivity contribution in [3.8, 4) is 5.75 Å². The third kappa shape index (κ3) is 2.35. The Kier molecular flexibility index (Phi) is 3.34. The lowest BCUT2D eigenvalue weighted by atomic mass is 10.2. The van der Waals surface area contributed by atoms with E-state index in [2.05, 4.69) is 0 Å². The molecule has 0 radical (unpaired) electrons. The Labute approximate surface area is 118 Å². The highest BCUT2D eigenvalue weighted by Gasteiger charge is 2.37. The normalized spacial score (nSPS) is 19.4. The molecule has 0 aromatic heterocycles. The Morgan fingerprint density at radius 3 is 2.60 bits per heavy atom. The van der Waals surface area contributed by atoms with Crippen LogP contribution in [0.4, 0.5) is 5.69 Å². The van der Waals surface area contributed by atoms with Gasteiger partial charge in [0, 0.05) is 19.6 Å². The molecule has 1 saturated carbocycles. The first-order valence-electron chi connectivity index (χ1n) is 6.94. The second kappa shape index (κ2) is 5.15. The lowest BCUT2D eigenvalue weighted by Crippen LogP contribution is -2.55. The van der Waals surface area contributed by atoms with Crippen LogP contribution in [0.1, 0.15) is 12.8 Å². The van der Waals surface area contributed by atoms with E-state index in [1.807, 2.05) is 12.1 Å². The highest BCUT2D eigenvalue weighted by molar-refractivity contribution is 6.41. The molecule has 1 heterocycles. The predicted molar refractivity (Wildman–Crippen MR) is 74.7 cm³/mol. The van der Waals surface area contributed by atoms with E-state index in [4.69, 9.17) is 4.74 Å². The lowest BCUT2D eigenvalue weighted by Gasteiger charge is -2.34. The number of nitrogens with zero attached hydrogens (tertiary/aromatic N) is 2. The maximum absolute atomic E-state index is 12.3. The van der Waals surface area contributed by atoms with Crippen LogP contribution in [0.3, 0.4) is 0 Å². The standard InChI is InChI=1S/C15H18N2O3/c1-20-13-5-3-2-4-12(13)17-9-8-16(10-11-6-7-11)14(18)15(17)19/h2-5,11H,6-10H2,1H3. The summed E-state index contributed by atoms with van der Waals surface area (Å²) in [5, 5.41) is 0. The summed E-state index contributed by atoms with van der Waals surface area (Å²) in [5.74, 6) is 0.365. The number of rotatable bonds is 4. The second-order valence-electron chi connectivity index (χ2n) is 5.32. The van der Waals surface area contributed by atoms with Gasteiger partial charge < -0.3 is 9.64 Å².